The van der Waals surface area contributed by atoms with Crippen LogP contribution in [0.4, 0.5) is 5.69 Å². The van der Waals surface area contributed by atoms with Crippen LogP contribution in [0.3, 0.4) is 0 Å². The minimum atomic E-state index is -0.583. The molecular weight excluding hydrogens is 268 g/mol. The molecule has 0 atom stereocenters. The number of rotatable bonds is 5. The van der Waals surface area contributed by atoms with E-state index in [1.54, 1.807) is 24.3 Å². The minimum Gasteiger partial charge on any atom is -0.300 e. The largest absolute Gasteiger partial charge is 0.304 e. The number of nitro groups is 1. The molecule has 0 bridgehead atoms. The van der Waals surface area contributed by atoms with Gasteiger partial charge in [0.15, 0.2) is 5.11 Å². The van der Waals surface area contributed by atoms with E-state index in [2.05, 4.69) is 33.5 Å². The summed E-state index contributed by atoms with van der Waals surface area (Å²) in [5.41, 5.74) is 7.37. The highest BCUT2D eigenvalue weighted by Crippen LogP contribution is 2.09. The van der Waals surface area contributed by atoms with E-state index in [-0.39, 0.29) is 10.8 Å². The number of nitrogens with two attached hydrogens (primary N) is 1. The highest BCUT2D eigenvalue weighted by Gasteiger charge is 2.06. The van der Waals surface area contributed by atoms with Crippen molar-refractivity contribution in [2.24, 2.45) is 10.8 Å². The van der Waals surface area contributed by atoms with Gasteiger partial charge in [-0.2, -0.15) is 0 Å². The summed E-state index contributed by atoms with van der Waals surface area (Å²) < 4.78 is 0. The van der Waals surface area contributed by atoms with Crippen molar-refractivity contribution in [3.05, 3.63) is 52.3 Å². The standard InChI is InChI=1S/C10H12N6O2S/c11-14-10(19)15-13-7-9(16(17)18)6-12-8-4-2-1-3-5-8/h1-7,13H,11H2,(H2,14,15,19)/b9-7-,12-6?. The smallest absolute Gasteiger partial charge is 0.300 e. The quantitative estimate of drug-likeness (QED) is 0.202. The lowest BCUT2D eigenvalue weighted by molar-refractivity contribution is -0.414. The Kier molecular flexibility index (Phi) is 5.92. The van der Waals surface area contributed by atoms with Crippen molar-refractivity contribution in [2.45, 2.75) is 0 Å². The van der Waals surface area contributed by atoms with Gasteiger partial charge in [0.1, 0.15) is 6.21 Å². The van der Waals surface area contributed by atoms with Crippen LogP contribution in [0, 0.1) is 10.1 Å². The van der Waals surface area contributed by atoms with Crippen molar-refractivity contribution in [3.8, 4) is 0 Å². The number of allylic oxidation sites excluding steroid dienone is 1. The predicted molar refractivity (Wildman–Crippen MR) is 75.9 cm³/mol. The van der Waals surface area contributed by atoms with Gasteiger partial charge in [0, 0.05) is 0 Å². The lowest BCUT2D eigenvalue weighted by Crippen LogP contribution is -2.44. The van der Waals surface area contributed by atoms with E-state index in [9.17, 15) is 10.1 Å². The van der Waals surface area contributed by atoms with Crippen LogP contribution in [0.2, 0.25) is 0 Å². The normalized spacial score (nSPS) is 11.1. The summed E-state index contributed by atoms with van der Waals surface area (Å²) in [7, 11) is 0. The summed E-state index contributed by atoms with van der Waals surface area (Å²) in [6.45, 7) is 0. The van der Waals surface area contributed by atoms with Crippen LogP contribution in [0.15, 0.2) is 47.2 Å². The van der Waals surface area contributed by atoms with Gasteiger partial charge in [-0.25, -0.2) is 10.8 Å². The van der Waals surface area contributed by atoms with Crippen molar-refractivity contribution < 1.29 is 4.92 Å². The second-order valence-corrected chi connectivity index (χ2v) is 3.57. The third-order valence-corrected chi connectivity index (χ3v) is 2.07. The molecule has 0 spiro atoms. The third kappa shape index (κ3) is 5.57. The average Bonchev–Trinajstić information content (AvgIpc) is 2.43. The Labute approximate surface area is 114 Å². The Morgan fingerprint density at radius 1 is 1.42 bits per heavy atom. The van der Waals surface area contributed by atoms with Gasteiger partial charge in [0.25, 0.3) is 0 Å². The molecule has 0 fully saturated rings. The Morgan fingerprint density at radius 2 is 2.11 bits per heavy atom. The Balaban J connectivity index is 2.68. The summed E-state index contributed by atoms with van der Waals surface area (Å²) in [5.74, 6) is 5.01. The first-order valence-corrected chi connectivity index (χ1v) is 5.50. The molecule has 0 aliphatic rings. The third-order valence-electron chi connectivity index (χ3n) is 1.85. The van der Waals surface area contributed by atoms with Crippen molar-refractivity contribution in [2.75, 3.05) is 0 Å². The molecule has 0 saturated heterocycles. The number of nitrogens with zero attached hydrogens (tertiary/aromatic N) is 2. The second kappa shape index (κ2) is 7.74. The van der Waals surface area contributed by atoms with E-state index < -0.39 is 4.92 Å². The molecule has 0 amide bonds. The Morgan fingerprint density at radius 3 is 2.68 bits per heavy atom. The van der Waals surface area contributed by atoms with E-state index in [1.807, 2.05) is 6.07 Å². The molecule has 19 heavy (non-hydrogen) atoms. The number of hydrazine groups is 2. The first-order valence-electron chi connectivity index (χ1n) is 5.09. The van der Waals surface area contributed by atoms with Gasteiger partial charge in [0.05, 0.1) is 16.8 Å². The molecule has 0 aliphatic carbocycles. The van der Waals surface area contributed by atoms with Gasteiger partial charge in [-0.1, -0.05) is 18.2 Å². The molecular formula is C10H12N6O2S. The summed E-state index contributed by atoms with van der Waals surface area (Å²) in [6, 6.07) is 8.86. The average molecular weight is 280 g/mol. The molecule has 0 saturated carbocycles. The molecule has 1 rings (SSSR count). The van der Waals surface area contributed by atoms with E-state index >= 15 is 0 Å². The number of hydrogen-bond donors (Lipinski definition) is 4. The van der Waals surface area contributed by atoms with Gasteiger partial charge in [-0.3, -0.25) is 26.4 Å². The second-order valence-electron chi connectivity index (χ2n) is 3.16. The molecule has 0 heterocycles. The minimum absolute atomic E-state index is 0.0962. The molecule has 1 aromatic carbocycles. The zero-order chi connectivity index (χ0) is 14.1. The summed E-state index contributed by atoms with van der Waals surface area (Å²) in [6.07, 6.45) is 2.24. The molecule has 9 heteroatoms. The topological polar surface area (TPSA) is 118 Å². The van der Waals surface area contributed by atoms with Crippen molar-refractivity contribution >= 4 is 29.2 Å². The van der Waals surface area contributed by atoms with Crippen LogP contribution >= 0.6 is 12.2 Å². The number of hydrogen-bond acceptors (Lipinski definition) is 6. The lowest BCUT2D eigenvalue weighted by atomic mass is 10.3. The fourth-order valence-corrected chi connectivity index (χ4v) is 1.06. The number of aliphatic imine (C=N–C) groups is 1. The van der Waals surface area contributed by atoms with E-state index in [4.69, 9.17) is 5.84 Å². The van der Waals surface area contributed by atoms with E-state index in [1.165, 1.54) is 0 Å². The van der Waals surface area contributed by atoms with Crippen LogP contribution in [-0.2, 0) is 0 Å². The van der Waals surface area contributed by atoms with Crippen molar-refractivity contribution in [3.63, 3.8) is 0 Å². The highest BCUT2D eigenvalue weighted by molar-refractivity contribution is 7.80. The van der Waals surface area contributed by atoms with E-state index in [0.29, 0.717) is 5.69 Å². The molecule has 1 aromatic rings. The Hall–Kier alpha value is -2.52. The molecule has 0 radical (unpaired) electrons. The van der Waals surface area contributed by atoms with Crippen LogP contribution in [0.25, 0.3) is 0 Å². The zero-order valence-corrected chi connectivity index (χ0v) is 10.6. The molecule has 0 aromatic heterocycles. The number of benzene rings is 1. The molecule has 5 N–H and O–H groups in total. The zero-order valence-electron chi connectivity index (χ0n) is 9.74. The fourth-order valence-electron chi connectivity index (χ4n) is 1.00. The van der Waals surface area contributed by atoms with Gasteiger partial charge < -0.3 is 0 Å². The predicted octanol–water partition coefficient (Wildman–Crippen LogP) is 0.349. The van der Waals surface area contributed by atoms with Crippen LogP contribution in [-0.4, -0.2) is 16.3 Å². The van der Waals surface area contributed by atoms with Gasteiger partial charge in [0.2, 0.25) is 0 Å². The molecule has 100 valence electrons. The first-order chi connectivity index (χ1) is 9.13. The number of thiocarbonyl (C=S) groups is 1. The first kappa shape index (κ1) is 14.5. The summed E-state index contributed by atoms with van der Waals surface area (Å²) in [4.78, 5) is 14.2. The maximum Gasteiger partial charge on any atom is 0.304 e. The van der Waals surface area contributed by atoms with Gasteiger partial charge in [-0.05, 0) is 24.4 Å². The maximum atomic E-state index is 10.8. The van der Waals surface area contributed by atoms with E-state index in [0.717, 1.165) is 12.4 Å². The van der Waals surface area contributed by atoms with Crippen molar-refractivity contribution in [1.29, 1.82) is 0 Å². The van der Waals surface area contributed by atoms with Crippen LogP contribution in [0.5, 0.6) is 0 Å². The fraction of sp³-hybridized carbons (Fsp3) is 0. The van der Waals surface area contributed by atoms with Gasteiger partial charge >= 0.3 is 5.70 Å². The molecule has 0 aliphatic heterocycles. The summed E-state index contributed by atoms with van der Waals surface area (Å²) >= 11 is 4.67. The Bertz CT molecular complexity index is 502. The highest BCUT2D eigenvalue weighted by atomic mass is 32.1. The van der Waals surface area contributed by atoms with Crippen LogP contribution in [0.1, 0.15) is 0 Å². The lowest BCUT2D eigenvalue weighted by Gasteiger charge is -2.04. The SMILES string of the molecule is NNC(=S)NN/C=C(/C=Nc1ccccc1)[N+](=O)[O-]. The van der Waals surface area contributed by atoms with Crippen molar-refractivity contribution in [1.82, 2.24) is 16.3 Å². The molecule has 0 unspecified atom stereocenters. The maximum absolute atomic E-state index is 10.8. The monoisotopic (exact) mass is 280 g/mol. The number of nitrogens with one attached hydrogen (secondary N) is 3. The number of para-hydroxylation sites is 1. The molecule has 8 nitrogen and oxygen atoms in total. The van der Waals surface area contributed by atoms with Gasteiger partial charge in [-0.15, -0.1) is 0 Å². The van der Waals surface area contributed by atoms with Crippen LogP contribution < -0.4 is 22.1 Å². The summed E-state index contributed by atoms with van der Waals surface area (Å²) in [5, 5.41) is 10.9.